The van der Waals surface area contributed by atoms with Gasteiger partial charge in [0.1, 0.15) is 5.75 Å². The van der Waals surface area contributed by atoms with Crippen LogP contribution in [0.5, 0.6) is 5.75 Å². The third-order valence-electron chi connectivity index (χ3n) is 3.95. The number of rotatable bonds is 5. The van der Waals surface area contributed by atoms with Crippen LogP contribution in [0.3, 0.4) is 0 Å². The van der Waals surface area contributed by atoms with Gasteiger partial charge < -0.3 is 15.0 Å². The molecule has 3 rings (SSSR count). The maximum absolute atomic E-state index is 12.4. The van der Waals surface area contributed by atoms with Gasteiger partial charge in [0.25, 0.3) is 5.91 Å². The summed E-state index contributed by atoms with van der Waals surface area (Å²) in [5.41, 5.74) is 2.12. The zero-order valence-electron chi connectivity index (χ0n) is 13.9. The van der Waals surface area contributed by atoms with Gasteiger partial charge in [-0.1, -0.05) is 36.7 Å². The van der Waals surface area contributed by atoms with Crippen LogP contribution in [-0.2, 0) is 16.1 Å². The van der Waals surface area contributed by atoms with Gasteiger partial charge in [-0.05, 0) is 36.2 Å². The highest BCUT2D eigenvalue weighted by Crippen LogP contribution is 2.36. The molecule has 1 N–H and O–H groups in total. The SMILES string of the molecule is CCCC(=O)Nc1ccc2c(c1)N(Cc1ccccc1Cl)C(=O)CO2. The first-order valence-corrected chi connectivity index (χ1v) is 8.56. The summed E-state index contributed by atoms with van der Waals surface area (Å²) in [5.74, 6) is 0.410. The normalized spacial score (nSPS) is 13.2. The molecule has 2 aromatic rings. The molecule has 0 radical (unpaired) electrons. The van der Waals surface area contributed by atoms with Crippen molar-refractivity contribution in [2.45, 2.75) is 26.3 Å². The summed E-state index contributed by atoms with van der Waals surface area (Å²) in [5, 5.41) is 3.45. The standard InChI is InChI=1S/C19H19ClN2O3/c1-2-5-18(23)21-14-8-9-17-16(10-14)22(19(24)12-25-17)11-13-6-3-4-7-15(13)20/h3-4,6-10H,2,5,11-12H2,1H3,(H,21,23). The number of anilines is 2. The Balaban J connectivity index is 1.89. The number of benzene rings is 2. The Labute approximate surface area is 151 Å². The lowest BCUT2D eigenvalue weighted by atomic mass is 10.1. The number of ether oxygens (including phenoxy) is 1. The molecule has 130 valence electrons. The third-order valence-corrected chi connectivity index (χ3v) is 4.32. The Morgan fingerprint density at radius 2 is 2.08 bits per heavy atom. The van der Waals surface area contributed by atoms with Crippen molar-refractivity contribution >= 4 is 34.8 Å². The van der Waals surface area contributed by atoms with Gasteiger partial charge in [-0.25, -0.2) is 0 Å². The number of hydrogen-bond donors (Lipinski definition) is 1. The molecule has 1 aliphatic rings. The molecule has 0 fully saturated rings. The molecule has 1 aliphatic heterocycles. The minimum Gasteiger partial charge on any atom is -0.482 e. The second-order valence-corrected chi connectivity index (χ2v) is 6.25. The average molecular weight is 359 g/mol. The summed E-state index contributed by atoms with van der Waals surface area (Å²) in [7, 11) is 0. The summed E-state index contributed by atoms with van der Waals surface area (Å²) in [6, 6.07) is 12.7. The lowest BCUT2D eigenvalue weighted by Crippen LogP contribution is -2.38. The van der Waals surface area contributed by atoms with E-state index in [4.69, 9.17) is 16.3 Å². The van der Waals surface area contributed by atoms with E-state index in [9.17, 15) is 9.59 Å². The zero-order valence-corrected chi connectivity index (χ0v) is 14.7. The zero-order chi connectivity index (χ0) is 17.8. The number of halogens is 1. The van der Waals surface area contributed by atoms with E-state index in [1.165, 1.54) is 0 Å². The fraction of sp³-hybridized carbons (Fsp3) is 0.263. The Morgan fingerprint density at radius 1 is 1.28 bits per heavy atom. The van der Waals surface area contributed by atoms with Crippen molar-refractivity contribution in [3.63, 3.8) is 0 Å². The molecule has 0 saturated heterocycles. The van der Waals surface area contributed by atoms with E-state index in [0.29, 0.717) is 35.1 Å². The molecular weight excluding hydrogens is 340 g/mol. The molecule has 0 aromatic heterocycles. The van der Waals surface area contributed by atoms with Crippen LogP contribution in [0.1, 0.15) is 25.3 Å². The Bertz CT molecular complexity index is 807. The van der Waals surface area contributed by atoms with Crippen molar-refractivity contribution < 1.29 is 14.3 Å². The number of carbonyl (C=O) groups excluding carboxylic acids is 2. The molecule has 1 heterocycles. The Hall–Kier alpha value is -2.53. The molecule has 2 aromatic carbocycles. The molecule has 25 heavy (non-hydrogen) atoms. The number of hydrogen-bond acceptors (Lipinski definition) is 3. The largest absolute Gasteiger partial charge is 0.482 e. The van der Waals surface area contributed by atoms with E-state index in [-0.39, 0.29) is 18.4 Å². The summed E-state index contributed by atoms with van der Waals surface area (Å²) in [4.78, 5) is 25.8. The van der Waals surface area contributed by atoms with Crippen LogP contribution in [0.4, 0.5) is 11.4 Å². The van der Waals surface area contributed by atoms with Gasteiger partial charge in [-0.15, -0.1) is 0 Å². The Morgan fingerprint density at radius 3 is 2.84 bits per heavy atom. The maximum Gasteiger partial charge on any atom is 0.265 e. The molecule has 0 saturated carbocycles. The van der Waals surface area contributed by atoms with Gasteiger partial charge in [0.15, 0.2) is 6.61 Å². The molecule has 0 atom stereocenters. The number of nitrogens with zero attached hydrogens (tertiary/aromatic N) is 1. The fourth-order valence-corrected chi connectivity index (χ4v) is 2.90. The third kappa shape index (κ3) is 3.94. The van der Waals surface area contributed by atoms with Crippen molar-refractivity contribution in [1.82, 2.24) is 0 Å². The van der Waals surface area contributed by atoms with E-state index in [0.717, 1.165) is 12.0 Å². The molecule has 0 spiro atoms. The first-order chi connectivity index (χ1) is 12.1. The number of fused-ring (bicyclic) bond motifs is 1. The van der Waals surface area contributed by atoms with Gasteiger partial charge in [-0.3, -0.25) is 9.59 Å². The fourth-order valence-electron chi connectivity index (χ4n) is 2.70. The number of nitrogens with one attached hydrogen (secondary N) is 1. The molecule has 0 aliphatic carbocycles. The van der Waals surface area contributed by atoms with Crippen molar-refractivity contribution in [1.29, 1.82) is 0 Å². The van der Waals surface area contributed by atoms with E-state index < -0.39 is 0 Å². The van der Waals surface area contributed by atoms with Crippen LogP contribution in [0, 0.1) is 0 Å². The summed E-state index contributed by atoms with van der Waals surface area (Å²) in [6.45, 7) is 2.28. The number of carbonyl (C=O) groups is 2. The van der Waals surface area contributed by atoms with Gasteiger partial charge >= 0.3 is 0 Å². The summed E-state index contributed by atoms with van der Waals surface area (Å²) >= 11 is 6.23. The minimum absolute atomic E-state index is 0.0149. The molecule has 6 heteroatoms. The van der Waals surface area contributed by atoms with Crippen molar-refractivity contribution in [3.8, 4) is 5.75 Å². The second kappa shape index (κ2) is 7.57. The van der Waals surface area contributed by atoms with Crippen molar-refractivity contribution in [3.05, 3.63) is 53.1 Å². The average Bonchev–Trinajstić information content (AvgIpc) is 2.59. The van der Waals surface area contributed by atoms with E-state index in [1.54, 1.807) is 29.2 Å². The predicted octanol–water partition coefficient (Wildman–Crippen LogP) is 4.00. The van der Waals surface area contributed by atoms with Crippen LogP contribution in [0.15, 0.2) is 42.5 Å². The van der Waals surface area contributed by atoms with Gasteiger partial charge in [0.05, 0.1) is 12.2 Å². The lowest BCUT2D eigenvalue weighted by Gasteiger charge is -2.30. The van der Waals surface area contributed by atoms with E-state index in [2.05, 4.69) is 5.32 Å². The van der Waals surface area contributed by atoms with Gasteiger partial charge in [-0.2, -0.15) is 0 Å². The highest BCUT2D eigenvalue weighted by atomic mass is 35.5. The van der Waals surface area contributed by atoms with Crippen LogP contribution in [0.2, 0.25) is 5.02 Å². The molecular formula is C19H19ClN2O3. The Kier molecular flexibility index (Phi) is 5.24. The number of amides is 2. The topological polar surface area (TPSA) is 58.6 Å². The highest BCUT2D eigenvalue weighted by Gasteiger charge is 2.26. The van der Waals surface area contributed by atoms with Crippen LogP contribution >= 0.6 is 11.6 Å². The summed E-state index contributed by atoms with van der Waals surface area (Å²) in [6.07, 6.45) is 1.23. The predicted molar refractivity (Wildman–Crippen MR) is 98.1 cm³/mol. The van der Waals surface area contributed by atoms with Crippen LogP contribution < -0.4 is 15.0 Å². The van der Waals surface area contributed by atoms with Crippen molar-refractivity contribution in [2.24, 2.45) is 0 Å². The minimum atomic E-state index is -0.149. The molecule has 2 amide bonds. The first-order valence-electron chi connectivity index (χ1n) is 8.19. The smallest absolute Gasteiger partial charge is 0.265 e. The monoisotopic (exact) mass is 358 g/mol. The van der Waals surface area contributed by atoms with Crippen molar-refractivity contribution in [2.75, 3.05) is 16.8 Å². The quantitative estimate of drug-likeness (QED) is 0.878. The van der Waals surface area contributed by atoms with Crippen LogP contribution in [0.25, 0.3) is 0 Å². The molecule has 0 unspecified atom stereocenters. The van der Waals surface area contributed by atoms with Crippen LogP contribution in [-0.4, -0.2) is 18.4 Å². The molecule has 5 nitrogen and oxygen atoms in total. The highest BCUT2D eigenvalue weighted by molar-refractivity contribution is 6.31. The molecule has 0 bridgehead atoms. The lowest BCUT2D eigenvalue weighted by molar-refractivity contribution is -0.121. The first kappa shape index (κ1) is 17.3. The van der Waals surface area contributed by atoms with E-state index in [1.807, 2.05) is 25.1 Å². The van der Waals surface area contributed by atoms with E-state index >= 15 is 0 Å². The van der Waals surface area contributed by atoms with Gasteiger partial charge in [0, 0.05) is 17.1 Å². The van der Waals surface area contributed by atoms with Gasteiger partial charge in [0.2, 0.25) is 5.91 Å². The maximum atomic E-state index is 12.4. The summed E-state index contributed by atoms with van der Waals surface area (Å²) < 4.78 is 5.50. The second-order valence-electron chi connectivity index (χ2n) is 5.84.